The number of halogens is 3. The molecule has 106 valence electrons. The molecule has 0 unspecified atom stereocenters. The van der Waals surface area contributed by atoms with E-state index in [-0.39, 0.29) is 5.75 Å². The van der Waals surface area contributed by atoms with E-state index in [1.165, 1.54) is 23.9 Å². The van der Waals surface area contributed by atoms with Crippen molar-refractivity contribution in [3.63, 3.8) is 0 Å². The second-order valence-corrected chi connectivity index (χ2v) is 5.06. The van der Waals surface area contributed by atoms with E-state index < -0.39 is 6.36 Å². The molecule has 0 saturated carbocycles. The van der Waals surface area contributed by atoms with Gasteiger partial charge in [-0.15, -0.1) is 24.9 Å². The van der Waals surface area contributed by atoms with Crippen molar-refractivity contribution in [2.24, 2.45) is 0 Å². The third-order valence-electron chi connectivity index (χ3n) is 2.47. The molecule has 2 N–H and O–H groups in total. The van der Waals surface area contributed by atoms with Crippen LogP contribution in [0.25, 0.3) is 0 Å². The maximum Gasteiger partial charge on any atom is 0.573 e. The molecular formula is C14H12F3NOS. The van der Waals surface area contributed by atoms with Gasteiger partial charge in [0, 0.05) is 21.9 Å². The first-order chi connectivity index (χ1) is 9.44. The van der Waals surface area contributed by atoms with Crippen LogP contribution in [0.1, 0.15) is 5.56 Å². The molecule has 2 aromatic rings. The van der Waals surface area contributed by atoms with Gasteiger partial charge in [0.15, 0.2) is 0 Å². The Morgan fingerprint density at radius 2 is 1.65 bits per heavy atom. The number of benzene rings is 2. The zero-order valence-electron chi connectivity index (χ0n) is 10.4. The first-order valence-corrected chi connectivity index (χ1v) is 6.74. The van der Waals surface area contributed by atoms with Gasteiger partial charge in [0.1, 0.15) is 5.75 Å². The molecule has 20 heavy (non-hydrogen) atoms. The number of ether oxygens (including phenoxy) is 1. The number of alkyl halides is 3. The molecule has 0 fully saturated rings. The van der Waals surface area contributed by atoms with Crippen LogP contribution in [0, 0.1) is 0 Å². The second-order valence-electron chi connectivity index (χ2n) is 4.01. The highest BCUT2D eigenvalue weighted by molar-refractivity contribution is 7.98. The molecule has 0 amide bonds. The van der Waals surface area contributed by atoms with Gasteiger partial charge in [0.25, 0.3) is 0 Å². The molecule has 0 aliphatic rings. The molecule has 0 saturated heterocycles. The van der Waals surface area contributed by atoms with Crippen LogP contribution in [0.5, 0.6) is 5.75 Å². The maximum atomic E-state index is 12.3. The minimum absolute atomic E-state index is 0.164. The highest BCUT2D eigenvalue weighted by Crippen LogP contribution is 2.31. The van der Waals surface area contributed by atoms with Gasteiger partial charge in [0.05, 0.1) is 0 Å². The lowest BCUT2D eigenvalue weighted by Gasteiger charge is -2.12. The summed E-state index contributed by atoms with van der Waals surface area (Å²) in [6, 6.07) is 13.3. The second kappa shape index (κ2) is 6.09. The van der Waals surface area contributed by atoms with Gasteiger partial charge in [-0.25, -0.2) is 0 Å². The summed E-state index contributed by atoms with van der Waals surface area (Å²) in [6.45, 7) is 0. The number of nitrogen functional groups attached to an aromatic ring is 1. The topological polar surface area (TPSA) is 35.2 Å². The fourth-order valence-electron chi connectivity index (χ4n) is 1.57. The van der Waals surface area contributed by atoms with E-state index in [9.17, 15) is 13.2 Å². The zero-order valence-corrected chi connectivity index (χ0v) is 11.2. The monoisotopic (exact) mass is 299 g/mol. The summed E-state index contributed by atoms with van der Waals surface area (Å²) in [5.41, 5.74) is 6.71. The molecule has 0 spiro atoms. The van der Waals surface area contributed by atoms with Crippen LogP contribution >= 0.6 is 11.8 Å². The molecule has 0 aliphatic carbocycles. The summed E-state index contributed by atoms with van der Waals surface area (Å²) in [6.07, 6.45) is -4.68. The Hall–Kier alpha value is -1.82. The lowest BCUT2D eigenvalue weighted by Crippen LogP contribution is -2.18. The number of para-hydroxylation sites is 1. The zero-order chi connectivity index (χ0) is 14.6. The average Bonchev–Trinajstić information content (AvgIpc) is 2.38. The van der Waals surface area contributed by atoms with Crippen LogP contribution < -0.4 is 10.5 Å². The number of hydrogen-bond donors (Lipinski definition) is 1. The molecule has 2 aromatic carbocycles. The quantitative estimate of drug-likeness (QED) is 0.668. The SMILES string of the molecule is Nc1ccc(SCc2ccccc2OC(F)(F)F)cc1. The van der Waals surface area contributed by atoms with E-state index in [0.717, 1.165) is 4.90 Å². The fraction of sp³-hybridized carbons (Fsp3) is 0.143. The standard InChI is InChI=1S/C14H12F3NOS/c15-14(16,17)19-13-4-2-1-3-10(13)9-20-12-7-5-11(18)6-8-12/h1-8H,9,18H2. The Kier molecular flexibility index (Phi) is 4.44. The van der Waals surface area contributed by atoms with Crippen LogP contribution in [-0.2, 0) is 5.75 Å². The smallest absolute Gasteiger partial charge is 0.405 e. The van der Waals surface area contributed by atoms with Crippen molar-refractivity contribution >= 4 is 17.4 Å². The molecule has 0 bridgehead atoms. The van der Waals surface area contributed by atoms with Gasteiger partial charge >= 0.3 is 6.36 Å². The van der Waals surface area contributed by atoms with Crippen LogP contribution in [-0.4, -0.2) is 6.36 Å². The van der Waals surface area contributed by atoms with Crippen molar-refractivity contribution in [1.29, 1.82) is 0 Å². The fourth-order valence-corrected chi connectivity index (χ4v) is 2.46. The summed E-state index contributed by atoms with van der Waals surface area (Å²) in [7, 11) is 0. The number of thioether (sulfide) groups is 1. The first-order valence-electron chi connectivity index (χ1n) is 5.76. The van der Waals surface area contributed by atoms with Crippen LogP contribution in [0.4, 0.5) is 18.9 Å². The Morgan fingerprint density at radius 3 is 2.30 bits per heavy atom. The van der Waals surface area contributed by atoms with Gasteiger partial charge in [0.2, 0.25) is 0 Å². The maximum absolute atomic E-state index is 12.3. The lowest BCUT2D eigenvalue weighted by atomic mass is 10.2. The van der Waals surface area contributed by atoms with E-state index in [4.69, 9.17) is 5.73 Å². The van der Waals surface area contributed by atoms with E-state index >= 15 is 0 Å². The van der Waals surface area contributed by atoms with Gasteiger partial charge in [-0.2, -0.15) is 0 Å². The van der Waals surface area contributed by atoms with Crippen molar-refractivity contribution in [3.8, 4) is 5.75 Å². The van der Waals surface area contributed by atoms with E-state index in [1.807, 2.05) is 12.1 Å². The van der Waals surface area contributed by atoms with Gasteiger partial charge in [-0.3, -0.25) is 0 Å². The molecular weight excluding hydrogens is 287 g/mol. The lowest BCUT2D eigenvalue weighted by molar-refractivity contribution is -0.274. The predicted octanol–water partition coefficient (Wildman–Crippen LogP) is 4.46. The van der Waals surface area contributed by atoms with Gasteiger partial charge < -0.3 is 10.5 Å². The molecule has 2 rings (SSSR count). The number of anilines is 1. The summed E-state index contributed by atoms with van der Waals surface area (Å²) in [5, 5.41) is 0. The van der Waals surface area contributed by atoms with E-state index in [2.05, 4.69) is 4.74 Å². The molecule has 2 nitrogen and oxygen atoms in total. The van der Waals surface area contributed by atoms with E-state index in [0.29, 0.717) is 17.0 Å². The highest BCUT2D eigenvalue weighted by atomic mass is 32.2. The number of nitrogens with two attached hydrogens (primary N) is 1. The average molecular weight is 299 g/mol. The van der Waals surface area contributed by atoms with E-state index in [1.54, 1.807) is 24.3 Å². The number of hydrogen-bond acceptors (Lipinski definition) is 3. The molecule has 0 atom stereocenters. The van der Waals surface area contributed by atoms with Crippen molar-refractivity contribution in [3.05, 3.63) is 54.1 Å². The van der Waals surface area contributed by atoms with Crippen molar-refractivity contribution in [2.45, 2.75) is 17.0 Å². The highest BCUT2D eigenvalue weighted by Gasteiger charge is 2.31. The number of rotatable bonds is 4. The largest absolute Gasteiger partial charge is 0.573 e. The Morgan fingerprint density at radius 1 is 1.00 bits per heavy atom. The normalized spacial score (nSPS) is 11.3. The summed E-state index contributed by atoms with van der Waals surface area (Å²) >= 11 is 1.42. The molecule has 6 heteroatoms. The summed E-state index contributed by atoms with van der Waals surface area (Å²) in [4.78, 5) is 0.931. The minimum atomic E-state index is -4.68. The minimum Gasteiger partial charge on any atom is -0.405 e. The Labute approximate surface area is 118 Å². The summed E-state index contributed by atoms with van der Waals surface area (Å²) < 4.78 is 40.9. The Bertz CT molecular complexity index is 569. The van der Waals surface area contributed by atoms with Crippen molar-refractivity contribution in [1.82, 2.24) is 0 Å². The van der Waals surface area contributed by atoms with Crippen LogP contribution in [0.2, 0.25) is 0 Å². The van der Waals surface area contributed by atoms with Gasteiger partial charge in [-0.05, 0) is 30.3 Å². The molecule has 0 heterocycles. The molecule has 0 aromatic heterocycles. The first kappa shape index (κ1) is 14.6. The molecule has 0 aliphatic heterocycles. The third kappa shape index (κ3) is 4.38. The van der Waals surface area contributed by atoms with Crippen molar-refractivity contribution in [2.75, 3.05) is 5.73 Å². The Balaban J connectivity index is 2.07. The van der Waals surface area contributed by atoms with Gasteiger partial charge in [-0.1, -0.05) is 18.2 Å². The van der Waals surface area contributed by atoms with Crippen LogP contribution in [0.15, 0.2) is 53.4 Å². The van der Waals surface area contributed by atoms with Crippen LogP contribution in [0.3, 0.4) is 0 Å². The third-order valence-corrected chi connectivity index (χ3v) is 3.53. The predicted molar refractivity (Wildman–Crippen MR) is 73.5 cm³/mol. The summed E-state index contributed by atoms with van der Waals surface area (Å²) in [5.74, 6) is 0.221. The molecule has 0 radical (unpaired) electrons. The van der Waals surface area contributed by atoms with Crippen molar-refractivity contribution < 1.29 is 17.9 Å².